The van der Waals surface area contributed by atoms with E-state index in [1.54, 1.807) is 7.05 Å². The molecule has 2 amide bonds. The molecule has 3 rings (SSSR count). The van der Waals surface area contributed by atoms with Crippen LogP contribution in [0.3, 0.4) is 0 Å². The molecule has 2 heterocycles. The Kier molecular flexibility index (Phi) is 4.87. The van der Waals surface area contributed by atoms with Gasteiger partial charge in [-0.05, 0) is 25.2 Å². The number of carbonyl (C=O) groups excluding carboxylic acids is 2. The van der Waals surface area contributed by atoms with Crippen LogP contribution in [0.25, 0.3) is 0 Å². The molecule has 0 radical (unpaired) electrons. The highest BCUT2D eigenvalue weighted by atomic mass is 16.5. The van der Waals surface area contributed by atoms with Crippen LogP contribution >= 0.6 is 0 Å². The maximum absolute atomic E-state index is 12.6. The Hall–Kier alpha value is -2.64. The van der Waals surface area contributed by atoms with Gasteiger partial charge in [0.2, 0.25) is 0 Å². The Morgan fingerprint density at radius 2 is 2.20 bits per heavy atom. The zero-order valence-corrected chi connectivity index (χ0v) is 14.8. The molecule has 134 valence electrons. The number of nitrogens with zero attached hydrogens (tertiary/aromatic N) is 3. The molecule has 0 spiro atoms. The molecular weight excluding hydrogens is 322 g/mol. The second-order valence-electron chi connectivity index (χ2n) is 6.52. The minimum absolute atomic E-state index is 0.270. The van der Waals surface area contributed by atoms with Crippen molar-refractivity contribution in [3.63, 3.8) is 0 Å². The molecule has 0 fully saturated rings. The molecule has 0 saturated heterocycles. The number of rotatable bonds is 5. The molecule has 1 aliphatic carbocycles. The molecule has 2 N–H and O–H groups in total. The molecule has 0 saturated carbocycles. The summed E-state index contributed by atoms with van der Waals surface area (Å²) in [7, 11) is 1.66. The van der Waals surface area contributed by atoms with Gasteiger partial charge < -0.3 is 15.2 Å². The molecule has 0 unspecified atom stereocenters. The highest BCUT2D eigenvalue weighted by molar-refractivity contribution is 6.08. The minimum Gasteiger partial charge on any atom is -0.360 e. The van der Waals surface area contributed by atoms with Gasteiger partial charge in [0.15, 0.2) is 5.69 Å². The summed E-state index contributed by atoms with van der Waals surface area (Å²) in [5.41, 5.74) is 1.84. The Bertz CT molecular complexity index is 792. The van der Waals surface area contributed by atoms with Gasteiger partial charge in [-0.3, -0.25) is 14.3 Å². The highest BCUT2D eigenvalue weighted by Gasteiger charge is 2.28. The topological polar surface area (TPSA) is 102 Å². The lowest BCUT2D eigenvalue weighted by atomic mass is 9.88. The van der Waals surface area contributed by atoms with Crippen LogP contribution in [0.5, 0.6) is 0 Å². The molecule has 8 nitrogen and oxygen atoms in total. The lowest BCUT2D eigenvalue weighted by Crippen LogP contribution is -2.28. The van der Waals surface area contributed by atoms with Gasteiger partial charge in [-0.1, -0.05) is 19.0 Å². The van der Waals surface area contributed by atoms with Crippen molar-refractivity contribution in [2.24, 2.45) is 13.0 Å². The van der Waals surface area contributed by atoms with Gasteiger partial charge in [0.05, 0.1) is 11.9 Å². The predicted molar refractivity (Wildman–Crippen MR) is 91.5 cm³/mol. The summed E-state index contributed by atoms with van der Waals surface area (Å²) in [5, 5.41) is 13.6. The number of aryl methyl sites for hydroxylation is 2. The lowest BCUT2D eigenvalue weighted by molar-refractivity contribution is 0.0945. The van der Waals surface area contributed by atoms with Crippen LogP contribution in [0, 0.1) is 5.92 Å². The number of amides is 2. The van der Waals surface area contributed by atoms with Crippen molar-refractivity contribution in [2.75, 3.05) is 11.9 Å². The largest absolute Gasteiger partial charge is 0.360 e. The summed E-state index contributed by atoms with van der Waals surface area (Å²) in [6.45, 7) is 4.68. The third kappa shape index (κ3) is 3.42. The maximum atomic E-state index is 12.6. The SMILES string of the molecule is CCCNC(=O)c1c(NC(=O)c2noc3c2C[C@@H](C)CC3)cnn1C. The number of nitrogens with one attached hydrogen (secondary N) is 2. The monoisotopic (exact) mass is 345 g/mol. The van der Waals surface area contributed by atoms with Crippen LogP contribution in [0.1, 0.15) is 59.0 Å². The maximum Gasteiger partial charge on any atom is 0.278 e. The number of fused-ring (bicyclic) bond motifs is 1. The van der Waals surface area contributed by atoms with Crippen molar-refractivity contribution in [2.45, 2.75) is 39.5 Å². The van der Waals surface area contributed by atoms with E-state index < -0.39 is 0 Å². The van der Waals surface area contributed by atoms with Crippen LogP contribution in [0.15, 0.2) is 10.7 Å². The standard InChI is InChI=1S/C17H23N5O3/c1-4-7-18-17(24)15-12(9-19-22(15)3)20-16(23)14-11-8-10(2)5-6-13(11)25-21-14/h9-10H,4-8H2,1-3H3,(H,18,24)(H,20,23)/t10-/m0/s1. The van der Waals surface area contributed by atoms with E-state index in [2.05, 4.69) is 27.8 Å². The molecule has 2 aromatic heterocycles. The smallest absolute Gasteiger partial charge is 0.278 e. The fourth-order valence-electron chi connectivity index (χ4n) is 3.06. The second kappa shape index (κ2) is 7.08. The zero-order chi connectivity index (χ0) is 18.0. The zero-order valence-electron chi connectivity index (χ0n) is 14.8. The van der Waals surface area contributed by atoms with E-state index >= 15 is 0 Å². The fraction of sp³-hybridized carbons (Fsp3) is 0.529. The van der Waals surface area contributed by atoms with Crippen molar-refractivity contribution in [1.82, 2.24) is 20.3 Å². The first-order valence-electron chi connectivity index (χ1n) is 8.60. The van der Waals surface area contributed by atoms with Gasteiger partial charge in [0, 0.05) is 25.6 Å². The number of anilines is 1. The average molecular weight is 345 g/mol. The van der Waals surface area contributed by atoms with E-state index in [1.165, 1.54) is 10.9 Å². The third-order valence-electron chi connectivity index (χ3n) is 4.44. The van der Waals surface area contributed by atoms with Gasteiger partial charge in [0.1, 0.15) is 11.5 Å². The molecule has 8 heteroatoms. The molecule has 1 aliphatic rings. The van der Waals surface area contributed by atoms with E-state index in [4.69, 9.17) is 4.52 Å². The van der Waals surface area contributed by atoms with Crippen molar-refractivity contribution in [1.29, 1.82) is 0 Å². The van der Waals surface area contributed by atoms with Gasteiger partial charge in [-0.2, -0.15) is 5.10 Å². The van der Waals surface area contributed by atoms with E-state index in [1.807, 2.05) is 6.92 Å². The van der Waals surface area contributed by atoms with Crippen molar-refractivity contribution in [3.8, 4) is 0 Å². The van der Waals surface area contributed by atoms with Crippen LogP contribution in [0.4, 0.5) is 5.69 Å². The lowest BCUT2D eigenvalue weighted by Gasteiger charge is -2.16. The van der Waals surface area contributed by atoms with Gasteiger partial charge in [-0.25, -0.2) is 0 Å². The number of hydrogen-bond acceptors (Lipinski definition) is 5. The predicted octanol–water partition coefficient (Wildman–Crippen LogP) is 1.93. The van der Waals surface area contributed by atoms with Crippen LogP contribution in [0.2, 0.25) is 0 Å². The molecule has 0 bridgehead atoms. The summed E-state index contributed by atoms with van der Waals surface area (Å²) in [6, 6.07) is 0. The molecule has 2 aromatic rings. The summed E-state index contributed by atoms with van der Waals surface area (Å²) in [6.07, 6.45) is 4.91. The van der Waals surface area contributed by atoms with Gasteiger partial charge >= 0.3 is 0 Å². The highest BCUT2D eigenvalue weighted by Crippen LogP contribution is 2.28. The van der Waals surface area contributed by atoms with Gasteiger partial charge in [0.25, 0.3) is 11.8 Å². The van der Waals surface area contributed by atoms with E-state index in [0.717, 1.165) is 37.0 Å². The summed E-state index contributed by atoms with van der Waals surface area (Å²) in [5.74, 6) is 0.632. The van der Waals surface area contributed by atoms with Crippen molar-refractivity contribution in [3.05, 3.63) is 28.9 Å². The van der Waals surface area contributed by atoms with E-state index in [-0.39, 0.29) is 11.8 Å². The Balaban J connectivity index is 1.81. The van der Waals surface area contributed by atoms with E-state index in [0.29, 0.717) is 29.5 Å². The Morgan fingerprint density at radius 3 is 2.96 bits per heavy atom. The quantitative estimate of drug-likeness (QED) is 0.862. The van der Waals surface area contributed by atoms with Crippen LogP contribution in [-0.2, 0) is 19.9 Å². The number of carbonyl (C=O) groups is 2. The van der Waals surface area contributed by atoms with Crippen molar-refractivity contribution < 1.29 is 14.1 Å². The summed E-state index contributed by atoms with van der Waals surface area (Å²) >= 11 is 0. The Morgan fingerprint density at radius 1 is 1.40 bits per heavy atom. The second-order valence-corrected chi connectivity index (χ2v) is 6.52. The van der Waals surface area contributed by atoms with Gasteiger partial charge in [-0.15, -0.1) is 0 Å². The van der Waals surface area contributed by atoms with Crippen molar-refractivity contribution >= 4 is 17.5 Å². The van der Waals surface area contributed by atoms with E-state index in [9.17, 15) is 9.59 Å². The first-order valence-corrected chi connectivity index (χ1v) is 8.60. The number of aromatic nitrogens is 3. The molecule has 1 atom stereocenters. The average Bonchev–Trinajstić information content (AvgIpc) is 3.16. The molecular formula is C17H23N5O3. The molecule has 0 aliphatic heterocycles. The number of hydrogen-bond donors (Lipinski definition) is 2. The molecule has 0 aromatic carbocycles. The normalized spacial score (nSPS) is 16.4. The van der Waals surface area contributed by atoms with Crippen LogP contribution in [-0.4, -0.2) is 33.3 Å². The Labute approximate surface area is 145 Å². The third-order valence-corrected chi connectivity index (χ3v) is 4.44. The fourth-order valence-corrected chi connectivity index (χ4v) is 3.06. The summed E-state index contributed by atoms with van der Waals surface area (Å²) < 4.78 is 6.76. The minimum atomic E-state index is -0.378. The first kappa shape index (κ1) is 17.2. The molecule has 25 heavy (non-hydrogen) atoms. The van der Waals surface area contributed by atoms with Crippen LogP contribution < -0.4 is 10.6 Å². The first-order chi connectivity index (χ1) is 12.0. The summed E-state index contributed by atoms with van der Waals surface area (Å²) in [4.78, 5) is 24.9.